The smallest absolute Gasteiger partial charge is 0.321 e. The summed E-state index contributed by atoms with van der Waals surface area (Å²) in [5.41, 5.74) is 0.732. The van der Waals surface area contributed by atoms with Crippen molar-refractivity contribution in [1.82, 2.24) is 5.32 Å². The zero-order valence-electron chi connectivity index (χ0n) is 11.2. The molecule has 2 amide bonds. The third-order valence-electron chi connectivity index (χ3n) is 2.63. The highest BCUT2D eigenvalue weighted by atomic mass is 16.4. The van der Waals surface area contributed by atoms with E-state index in [-0.39, 0.29) is 12.5 Å². The van der Waals surface area contributed by atoms with Crippen molar-refractivity contribution in [1.29, 1.82) is 0 Å². The number of hydrogen-bond acceptors (Lipinski definition) is 2. The second-order valence-corrected chi connectivity index (χ2v) is 4.17. The van der Waals surface area contributed by atoms with Gasteiger partial charge in [0.1, 0.15) is 0 Å². The highest BCUT2D eigenvalue weighted by Gasteiger charge is 2.14. The topological polar surface area (TPSA) is 69.6 Å². The van der Waals surface area contributed by atoms with Crippen molar-refractivity contribution in [3.8, 4) is 12.3 Å². The van der Waals surface area contributed by atoms with Gasteiger partial charge in [-0.3, -0.25) is 9.69 Å². The minimum atomic E-state index is -0.870. The summed E-state index contributed by atoms with van der Waals surface area (Å²) in [6, 6.07) is 8.86. The lowest BCUT2D eigenvalue weighted by Gasteiger charge is -2.22. The van der Waals surface area contributed by atoms with Gasteiger partial charge in [0, 0.05) is 31.6 Å². The number of urea groups is 1. The molecule has 0 radical (unpaired) electrons. The van der Waals surface area contributed by atoms with Crippen molar-refractivity contribution >= 4 is 17.7 Å². The van der Waals surface area contributed by atoms with Crippen LogP contribution in [-0.2, 0) is 4.79 Å². The molecule has 1 aromatic rings. The highest BCUT2D eigenvalue weighted by molar-refractivity contribution is 5.91. The quantitative estimate of drug-likeness (QED) is 0.591. The van der Waals surface area contributed by atoms with Crippen LogP contribution in [0.15, 0.2) is 30.3 Å². The number of terminal acetylenes is 1. The molecule has 0 aliphatic rings. The number of carbonyl (C=O) groups is 2. The Labute approximate surface area is 118 Å². The van der Waals surface area contributed by atoms with Crippen molar-refractivity contribution in [2.75, 3.05) is 18.0 Å². The molecule has 0 saturated carbocycles. The Morgan fingerprint density at radius 3 is 2.60 bits per heavy atom. The van der Waals surface area contributed by atoms with Crippen LogP contribution in [0.4, 0.5) is 10.5 Å². The van der Waals surface area contributed by atoms with E-state index in [0.717, 1.165) is 5.69 Å². The molecule has 0 bridgehead atoms. The molecule has 0 atom stereocenters. The molecule has 2 N–H and O–H groups in total. The van der Waals surface area contributed by atoms with Gasteiger partial charge in [0.2, 0.25) is 0 Å². The third kappa shape index (κ3) is 5.44. The number of nitrogens with one attached hydrogen (secondary N) is 1. The van der Waals surface area contributed by atoms with Crippen molar-refractivity contribution in [3.63, 3.8) is 0 Å². The zero-order valence-corrected chi connectivity index (χ0v) is 11.2. The number of benzene rings is 1. The molecule has 0 unspecified atom stereocenters. The van der Waals surface area contributed by atoms with Gasteiger partial charge in [-0.25, -0.2) is 4.79 Å². The van der Waals surface area contributed by atoms with Gasteiger partial charge < -0.3 is 10.4 Å². The molecule has 0 fully saturated rings. The van der Waals surface area contributed by atoms with Crippen LogP contribution in [0.5, 0.6) is 0 Å². The van der Waals surface area contributed by atoms with Crippen LogP contribution < -0.4 is 10.2 Å². The Morgan fingerprint density at radius 1 is 1.30 bits per heavy atom. The maximum Gasteiger partial charge on any atom is 0.321 e. The molecular formula is C15H18N2O3. The number of hydrogen-bond donors (Lipinski definition) is 2. The summed E-state index contributed by atoms with van der Waals surface area (Å²) >= 11 is 0. The first-order chi connectivity index (χ1) is 9.65. The largest absolute Gasteiger partial charge is 0.481 e. The van der Waals surface area contributed by atoms with E-state index in [1.54, 1.807) is 0 Å². The number of para-hydroxylation sites is 1. The SMILES string of the molecule is C#CCCNC(=O)N(CCCC(=O)O)c1ccccc1. The van der Waals surface area contributed by atoms with Gasteiger partial charge in [-0.2, -0.15) is 0 Å². The molecule has 5 nitrogen and oxygen atoms in total. The summed E-state index contributed by atoms with van der Waals surface area (Å²) in [5.74, 6) is 1.58. The van der Waals surface area contributed by atoms with Crippen LogP contribution in [0.3, 0.4) is 0 Å². The number of aliphatic carboxylic acids is 1. The van der Waals surface area contributed by atoms with Crippen LogP contribution in [0.1, 0.15) is 19.3 Å². The average Bonchev–Trinajstić information content (AvgIpc) is 2.44. The second kappa shape index (κ2) is 8.59. The molecule has 5 heteroatoms. The van der Waals surface area contributed by atoms with E-state index >= 15 is 0 Å². The van der Waals surface area contributed by atoms with E-state index in [2.05, 4.69) is 11.2 Å². The molecular weight excluding hydrogens is 256 g/mol. The normalized spacial score (nSPS) is 9.55. The van der Waals surface area contributed by atoms with Crippen LogP contribution in [0.2, 0.25) is 0 Å². The second-order valence-electron chi connectivity index (χ2n) is 4.17. The molecule has 0 aromatic heterocycles. The molecule has 20 heavy (non-hydrogen) atoms. The molecule has 0 aliphatic heterocycles. The zero-order chi connectivity index (χ0) is 14.8. The molecule has 0 aliphatic carbocycles. The number of carboxylic acid groups (broad SMARTS) is 1. The van der Waals surface area contributed by atoms with Gasteiger partial charge in [-0.1, -0.05) is 18.2 Å². The van der Waals surface area contributed by atoms with Crippen molar-refractivity contribution in [2.45, 2.75) is 19.3 Å². The monoisotopic (exact) mass is 274 g/mol. The standard InChI is InChI=1S/C15H18N2O3/c1-2-3-11-16-15(20)17(12-7-10-14(18)19)13-8-5-4-6-9-13/h1,4-6,8-9H,3,7,10-12H2,(H,16,20)(H,18,19). The highest BCUT2D eigenvalue weighted by Crippen LogP contribution is 2.14. The first-order valence-electron chi connectivity index (χ1n) is 6.41. The molecule has 1 aromatic carbocycles. The van der Waals surface area contributed by atoms with Gasteiger partial charge in [0.15, 0.2) is 0 Å². The Kier molecular flexibility index (Phi) is 6.69. The number of rotatable bonds is 7. The number of amides is 2. The van der Waals surface area contributed by atoms with Crippen LogP contribution in [0, 0.1) is 12.3 Å². The van der Waals surface area contributed by atoms with E-state index in [1.165, 1.54) is 4.90 Å². The molecule has 106 valence electrons. The summed E-state index contributed by atoms with van der Waals surface area (Å²) in [5, 5.41) is 11.4. The van der Waals surface area contributed by atoms with Gasteiger partial charge in [0.25, 0.3) is 0 Å². The van der Waals surface area contributed by atoms with E-state index in [1.807, 2.05) is 30.3 Å². The van der Waals surface area contributed by atoms with E-state index in [0.29, 0.717) is 25.9 Å². The lowest BCUT2D eigenvalue weighted by molar-refractivity contribution is -0.137. The third-order valence-corrected chi connectivity index (χ3v) is 2.63. The fraction of sp³-hybridized carbons (Fsp3) is 0.333. The Morgan fingerprint density at radius 2 is 2.00 bits per heavy atom. The predicted molar refractivity (Wildman–Crippen MR) is 77.5 cm³/mol. The molecule has 0 spiro atoms. The minimum Gasteiger partial charge on any atom is -0.481 e. The molecule has 0 heterocycles. The summed E-state index contributed by atoms with van der Waals surface area (Å²) in [4.78, 5) is 24.2. The average molecular weight is 274 g/mol. The minimum absolute atomic E-state index is 0.0287. The number of carbonyl (C=O) groups excluding carboxylic acids is 1. The summed E-state index contributed by atoms with van der Waals surface area (Å²) in [6.07, 6.45) is 6.02. The van der Waals surface area contributed by atoms with Crippen molar-refractivity contribution in [2.24, 2.45) is 0 Å². The molecule has 0 saturated heterocycles. The maximum absolute atomic E-state index is 12.1. The first kappa shape index (κ1) is 15.6. The summed E-state index contributed by atoms with van der Waals surface area (Å²) < 4.78 is 0. The fourth-order valence-corrected chi connectivity index (χ4v) is 1.68. The maximum atomic E-state index is 12.1. The summed E-state index contributed by atoms with van der Waals surface area (Å²) in [7, 11) is 0. The van der Waals surface area contributed by atoms with Crippen molar-refractivity contribution in [3.05, 3.63) is 30.3 Å². The van der Waals surface area contributed by atoms with Gasteiger partial charge in [-0.05, 0) is 18.6 Å². The van der Waals surface area contributed by atoms with Gasteiger partial charge in [-0.15, -0.1) is 12.3 Å². The van der Waals surface area contributed by atoms with Crippen LogP contribution in [0.25, 0.3) is 0 Å². The lowest BCUT2D eigenvalue weighted by atomic mass is 10.2. The fourth-order valence-electron chi connectivity index (χ4n) is 1.68. The first-order valence-corrected chi connectivity index (χ1v) is 6.41. The van der Waals surface area contributed by atoms with E-state index < -0.39 is 5.97 Å². The van der Waals surface area contributed by atoms with E-state index in [9.17, 15) is 9.59 Å². The summed E-state index contributed by atoms with van der Waals surface area (Å²) in [6.45, 7) is 0.746. The Hall–Kier alpha value is -2.48. The Bertz CT molecular complexity index is 480. The predicted octanol–water partition coefficient (Wildman–Crippen LogP) is 2.09. The Balaban J connectivity index is 2.66. The van der Waals surface area contributed by atoms with Crippen molar-refractivity contribution < 1.29 is 14.7 Å². The number of carboxylic acids is 1. The van der Waals surface area contributed by atoms with Crippen LogP contribution >= 0.6 is 0 Å². The molecule has 1 rings (SSSR count). The number of nitrogens with zero attached hydrogens (tertiary/aromatic N) is 1. The van der Waals surface area contributed by atoms with Gasteiger partial charge in [0.05, 0.1) is 0 Å². The van der Waals surface area contributed by atoms with Gasteiger partial charge >= 0.3 is 12.0 Å². The van der Waals surface area contributed by atoms with Crippen LogP contribution in [-0.4, -0.2) is 30.2 Å². The number of anilines is 1. The lowest BCUT2D eigenvalue weighted by Crippen LogP contribution is -2.41. The van der Waals surface area contributed by atoms with E-state index in [4.69, 9.17) is 11.5 Å².